The van der Waals surface area contributed by atoms with Crippen molar-refractivity contribution in [2.45, 2.75) is 0 Å². The monoisotopic (exact) mass is 245 g/mol. The first-order valence-corrected chi connectivity index (χ1v) is 3.88. The van der Waals surface area contributed by atoms with E-state index in [4.69, 9.17) is 0 Å². The fourth-order valence-electron chi connectivity index (χ4n) is 0.806. The molecule has 0 saturated heterocycles. The van der Waals surface area contributed by atoms with Gasteiger partial charge in [0.2, 0.25) is 0 Å². The van der Waals surface area contributed by atoms with Crippen LogP contribution in [-0.4, -0.2) is 14.6 Å². The average Bonchev–Trinajstić information content (AvgIpc) is 2.34. The van der Waals surface area contributed by atoms with Crippen molar-refractivity contribution in [3.63, 3.8) is 0 Å². The zero-order valence-corrected chi connectivity index (χ0v) is 7.19. The van der Waals surface area contributed by atoms with Gasteiger partial charge in [-0.2, -0.15) is 5.10 Å². The summed E-state index contributed by atoms with van der Waals surface area (Å²) in [5, 5.41) is 4.09. The molecule has 0 aromatic carbocycles. The maximum Gasteiger partial charge on any atom is 0.0978 e. The zero-order chi connectivity index (χ0) is 6.97. The lowest BCUT2D eigenvalue weighted by Crippen LogP contribution is -1.85. The third-order valence-corrected chi connectivity index (χ3v) is 2.11. The quantitative estimate of drug-likeness (QED) is 0.655. The van der Waals surface area contributed by atoms with E-state index in [0.717, 1.165) is 9.09 Å². The number of rotatable bonds is 0. The smallest absolute Gasteiger partial charge is 0.0978 e. The van der Waals surface area contributed by atoms with Crippen LogP contribution in [0.15, 0.2) is 24.8 Å². The van der Waals surface area contributed by atoms with Gasteiger partial charge in [-0.1, -0.05) is 0 Å². The van der Waals surface area contributed by atoms with Crippen molar-refractivity contribution in [1.29, 1.82) is 0 Å². The highest BCUT2D eigenvalue weighted by molar-refractivity contribution is 14.1. The minimum absolute atomic E-state index is 1.06. The number of hydrogen-bond donors (Lipinski definition) is 0. The average molecular weight is 245 g/mol. The number of hydrogen-bond acceptors (Lipinski definition) is 2. The van der Waals surface area contributed by atoms with Crippen LogP contribution in [0, 0.1) is 3.57 Å². The molecule has 0 spiro atoms. The summed E-state index contributed by atoms with van der Waals surface area (Å²) in [4.78, 5) is 3.98. The van der Waals surface area contributed by atoms with Crippen molar-refractivity contribution >= 4 is 28.1 Å². The first-order valence-electron chi connectivity index (χ1n) is 2.81. The van der Waals surface area contributed by atoms with E-state index in [2.05, 4.69) is 32.7 Å². The van der Waals surface area contributed by atoms with E-state index < -0.39 is 0 Å². The van der Waals surface area contributed by atoms with Crippen LogP contribution in [0.25, 0.3) is 5.52 Å². The van der Waals surface area contributed by atoms with E-state index in [1.54, 1.807) is 16.9 Å². The second-order valence-electron chi connectivity index (χ2n) is 1.90. The largest absolute Gasteiger partial charge is 0.261 e. The van der Waals surface area contributed by atoms with Crippen LogP contribution in [0.3, 0.4) is 0 Å². The first-order chi connectivity index (χ1) is 4.88. The van der Waals surface area contributed by atoms with E-state index >= 15 is 0 Å². The standard InChI is InChI=1S/C6H4IN3/c7-5-3-9-10-2-1-8-4-6(5)10/h1-4H. The minimum atomic E-state index is 1.06. The van der Waals surface area contributed by atoms with Crippen LogP contribution in [0.5, 0.6) is 0 Å². The second-order valence-corrected chi connectivity index (χ2v) is 3.06. The molecular weight excluding hydrogens is 241 g/mol. The molecule has 2 heterocycles. The highest BCUT2D eigenvalue weighted by Gasteiger charge is 1.96. The second kappa shape index (κ2) is 2.19. The van der Waals surface area contributed by atoms with E-state index in [-0.39, 0.29) is 0 Å². The Bertz CT molecular complexity index is 355. The minimum Gasteiger partial charge on any atom is -0.261 e. The Balaban J connectivity index is 2.93. The summed E-state index contributed by atoms with van der Waals surface area (Å²) < 4.78 is 2.93. The Morgan fingerprint density at radius 1 is 1.40 bits per heavy atom. The van der Waals surface area contributed by atoms with Gasteiger partial charge in [0.25, 0.3) is 0 Å². The Hall–Kier alpha value is -0.650. The molecule has 0 saturated carbocycles. The molecule has 0 fully saturated rings. The van der Waals surface area contributed by atoms with Crippen LogP contribution >= 0.6 is 22.6 Å². The van der Waals surface area contributed by atoms with E-state index in [1.807, 2.05) is 12.4 Å². The summed E-state index contributed by atoms with van der Waals surface area (Å²) in [6.45, 7) is 0. The fraction of sp³-hybridized carbons (Fsp3) is 0. The van der Waals surface area contributed by atoms with Crippen molar-refractivity contribution in [2.75, 3.05) is 0 Å². The van der Waals surface area contributed by atoms with Crippen LogP contribution in [-0.2, 0) is 0 Å². The molecule has 0 amide bonds. The Morgan fingerprint density at radius 2 is 2.30 bits per heavy atom. The van der Waals surface area contributed by atoms with Gasteiger partial charge in [0, 0.05) is 12.4 Å². The Labute approximate surface area is 71.2 Å². The summed E-state index contributed by atoms with van der Waals surface area (Å²) >= 11 is 2.23. The summed E-state index contributed by atoms with van der Waals surface area (Å²) in [5.41, 5.74) is 1.06. The zero-order valence-electron chi connectivity index (χ0n) is 5.03. The highest BCUT2D eigenvalue weighted by atomic mass is 127. The van der Waals surface area contributed by atoms with Gasteiger partial charge in [0.15, 0.2) is 0 Å². The number of aromatic nitrogens is 3. The van der Waals surface area contributed by atoms with Gasteiger partial charge in [-0.25, -0.2) is 4.52 Å². The normalized spacial score (nSPS) is 10.5. The molecular formula is C6H4IN3. The van der Waals surface area contributed by atoms with Crippen LogP contribution in [0.4, 0.5) is 0 Å². The maximum absolute atomic E-state index is 4.09. The molecule has 0 aliphatic heterocycles. The molecule has 0 radical (unpaired) electrons. The third kappa shape index (κ3) is 0.792. The van der Waals surface area contributed by atoms with Crippen LogP contribution in [0.2, 0.25) is 0 Å². The van der Waals surface area contributed by atoms with Gasteiger partial charge in [0.05, 0.1) is 21.5 Å². The number of nitrogens with zero attached hydrogens (tertiary/aromatic N) is 3. The van der Waals surface area contributed by atoms with Crippen LogP contribution < -0.4 is 0 Å². The Morgan fingerprint density at radius 3 is 3.10 bits per heavy atom. The summed E-state index contributed by atoms with van der Waals surface area (Å²) in [7, 11) is 0. The van der Waals surface area contributed by atoms with Gasteiger partial charge in [-0.05, 0) is 22.6 Å². The lowest BCUT2D eigenvalue weighted by atomic mass is 10.5. The van der Waals surface area contributed by atoms with E-state index in [9.17, 15) is 0 Å². The molecule has 3 nitrogen and oxygen atoms in total. The molecule has 0 atom stereocenters. The molecule has 0 aliphatic rings. The lowest BCUT2D eigenvalue weighted by Gasteiger charge is -1.87. The van der Waals surface area contributed by atoms with Crippen molar-refractivity contribution in [1.82, 2.24) is 14.6 Å². The first kappa shape index (κ1) is 6.09. The number of fused-ring (bicyclic) bond motifs is 1. The van der Waals surface area contributed by atoms with Gasteiger partial charge < -0.3 is 0 Å². The molecule has 0 bridgehead atoms. The summed E-state index contributed by atoms with van der Waals surface area (Å²) in [6, 6.07) is 0. The molecule has 4 heteroatoms. The van der Waals surface area contributed by atoms with E-state index in [0.29, 0.717) is 0 Å². The van der Waals surface area contributed by atoms with Crippen molar-refractivity contribution < 1.29 is 0 Å². The van der Waals surface area contributed by atoms with Crippen molar-refractivity contribution in [3.8, 4) is 0 Å². The topological polar surface area (TPSA) is 30.2 Å². The lowest BCUT2D eigenvalue weighted by molar-refractivity contribution is 0.946. The van der Waals surface area contributed by atoms with E-state index in [1.165, 1.54) is 0 Å². The van der Waals surface area contributed by atoms with Gasteiger partial charge in [-0.3, -0.25) is 4.98 Å². The maximum atomic E-state index is 4.09. The summed E-state index contributed by atoms with van der Waals surface area (Å²) in [5.74, 6) is 0. The fourth-order valence-corrected chi connectivity index (χ4v) is 1.32. The predicted molar refractivity (Wildman–Crippen MR) is 45.7 cm³/mol. The molecule has 50 valence electrons. The van der Waals surface area contributed by atoms with Crippen LogP contribution in [0.1, 0.15) is 0 Å². The predicted octanol–water partition coefficient (Wildman–Crippen LogP) is 1.33. The molecule has 2 aromatic rings. The molecule has 0 unspecified atom stereocenters. The number of halogens is 1. The highest BCUT2D eigenvalue weighted by Crippen LogP contribution is 2.09. The molecule has 2 aromatic heterocycles. The molecule has 2 rings (SSSR count). The Kier molecular flexibility index (Phi) is 1.33. The van der Waals surface area contributed by atoms with Gasteiger partial charge >= 0.3 is 0 Å². The SMILES string of the molecule is Ic1cnn2ccncc12. The van der Waals surface area contributed by atoms with Crippen molar-refractivity contribution in [3.05, 3.63) is 28.4 Å². The summed E-state index contributed by atoms with van der Waals surface area (Å²) in [6.07, 6.45) is 7.17. The molecule has 10 heavy (non-hydrogen) atoms. The van der Waals surface area contributed by atoms with Gasteiger partial charge in [0.1, 0.15) is 0 Å². The third-order valence-electron chi connectivity index (χ3n) is 1.28. The van der Waals surface area contributed by atoms with Gasteiger partial charge in [-0.15, -0.1) is 0 Å². The van der Waals surface area contributed by atoms with Crippen molar-refractivity contribution in [2.24, 2.45) is 0 Å². The molecule has 0 aliphatic carbocycles. The molecule has 0 N–H and O–H groups in total.